The van der Waals surface area contributed by atoms with Crippen molar-refractivity contribution in [1.82, 2.24) is 19.8 Å². The van der Waals surface area contributed by atoms with E-state index in [0.29, 0.717) is 50.3 Å². The van der Waals surface area contributed by atoms with Gasteiger partial charge in [-0.3, -0.25) is 4.79 Å². The molecule has 1 N–H and O–H groups in total. The van der Waals surface area contributed by atoms with E-state index in [1.807, 2.05) is 35.4 Å². The molecule has 4 heterocycles. The number of amides is 1. The van der Waals surface area contributed by atoms with Crippen molar-refractivity contribution in [1.29, 1.82) is 5.26 Å². The van der Waals surface area contributed by atoms with Gasteiger partial charge in [0.1, 0.15) is 11.6 Å². The summed E-state index contributed by atoms with van der Waals surface area (Å²) in [6.45, 7) is 8.38. The van der Waals surface area contributed by atoms with Crippen molar-refractivity contribution in [3.05, 3.63) is 72.2 Å². The van der Waals surface area contributed by atoms with Crippen molar-refractivity contribution < 1.29 is 14.6 Å². The summed E-state index contributed by atoms with van der Waals surface area (Å²) in [6, 6.07) is 14.2. The molecule has 3 aromatic rings. The molecule has 42 heavy (non-hydrogen) atoms. The third-order valence-corrected chi connectivity index (χ3v) is 8.31. The van der Waals surface area contributed by atoms with E-state index in [1.54, 1.807) is 11.0 Å². The normalized spacial score (nSPS) is 18.9. The second-order valence-electron chi connectivity index (χ2n) is 11.2. The molecule has 1 fully saturated rings. The Labute approximate surface area is 245 Å². The Balaban J connectivity index is 1.37. The molecular weight excluding hydrogens is 530 g/mol. The predicted molar refractivity (Wildman–Crippen MR) is 161 cm³/mol. The first kappa shape index (κ1) is 27.5. The minimum atomic E-state index is -0.222. The summed E-state index contributed by atoms with van der Waals surface area (Å²) in [5.74, 6) is 1.18. The van der Waals surface area contributed by atoms with Crippen molar-refractivity contribution in [2.24, 2.45) is 5.92 Å². The average Bonchev–Trinajstić information content (AvgIpc) is 3.43. The lowest BCUT2D eigenvalue weighted by atomic mass is 10.0. The Bertz CT molecular complexity index is 1600. The number of likely N-dealkylation sites (tertiary alicyclic amines) is 1. The molecule has 3 aliphatic rings. The zero-order chi connectivity index (χ0) is 29.2. The van der Waals surface area contributed by atoms with Gasteiger partial charge in [0, 0.05) is 61.0 Å². The number of aromatic nitrogens is 2. The van der Waals surface area contributed by atoms with E-state index in [4.69, 9.17) is 14.7 Å². The Morgan fingerprint density at radius 3 is 2.86 bits per heavy atom. The maximum Gasteiger partial charge on any atom is 0.318 e. The lowest BCUT2D eigenvalue weighted by Gasteiger charge is -2.36. The van der Waals surface area contributed by atoms with Crippen LogP contribution >= 0.6 is 0 Å². The molecule has 1 amide bonds. The number of fused-ring (bicyclic) bond motifs is 2. The van der Waals surface area contributed by atoms with Gasteiger partial charge in [-0.1, -0.05) is 30.8 Å². The summed E-state index contributed by atoms with van der Waals surface area (Å²) in [6.07, 6.45) is 4.99. The number of carbonyl (C=O) groups excluding carboxylic acids is 1. The zero-order valence-corrected chi connectivity index (χ0v) is 23.9. The number of nitriles is 1. The summed E-state index contributed by atoms with van der Waals surface area (Å²) in [7, 11) is 2.12. The maximum atomic E-state index is 12.5. The first-order valence-electron chi connectivity index (χ1n) is 14.4. The Hall–Kier alpha value is -4.62. The topological polar surface area (TPSA) is 109 Å². The number of hydrogen-bond donors (Lipinski definition) is 1. The van der Waals surface area contributed by atoms with Crippen LogP contribution in [0.3, 0.4) is 0 Å². The molecule has 10 nitrogen and oxygen atoms in total. The largest absolute Gasteiger partial charge is 0.508 e. The van der Waals surface area contributed by atoms with E-state index in [-0.39, 0.29) is 18.1 Å². The van der Waals surface area contributed by atoms with Gasteiger partial charge >= 0.3 is 6.01 Å². The average molecular weight is 566 g/mol. The van der Waals surface area contributed by atoms with Gasteiger partial charge in [0.25, 0.3) is 0 Å². The van der Waals surface area contributed by atoms with Gasteiger partial charge in [0.05, 0.1) is 37.0 Å². The summed E-state index contributed by atoms with van der Waals surface area (Å²) < 4.78 is 6.23. The van der Waals surface area contributed by atoms with Gasteiger partial charge < -0.3 is 29.4 Å². The molecule has 1 aromatic heterocycles. The lowest BCUT2D eigenvalue weighted by molar-refractivity contribution is -0.124. The Kier molecular flexibility index (Phi) is 7.68. The second-order valence-corrected chi connectivity index (χ2v) is 11.2. The van der Waals surface area contributed by atoms with Crippen LogP contribution in [0.5, 0.6) is 11.8 Å². The molecule has 0 unspecified atom stereocenters. The van der Waals surface area contributed by atoms with Gasteiger partial charge in [-0.15, -0.1) is 0 Å². The Morgan fingerprint density at radius 2 is 2.07 bits per heavy atom. The number of hydrogen-bond acceptors (Lipinski definition) is 9. The highest BCUT2D eigenvalue weighted by atomic mass is 16.5. The molecular formula is C32H35N7O3. The van der Waals surface area contributed by atoms with Crippen LogP contribution in [0.25, 0.3) is 10.8 Å². The van der Waals surface area contributed by atoms with Crippen molar-refractivity contribution in [3.8, 4) is 17.8 Å². The number of benzene rings is 2. The smallest absolute Gasteiger partial charge is 0.318 e. The van der Waals surface area contributed by atoms with Crippen LogP contribution in [0.15, 0.2) is 61.0 Å². The standard InChI is InChI=1S/C32H35N7O3/c1-3-30(41)39-15-14-38(19-24(39)8-11-33)31-27-10-13-37(29-17-25(40)16-23-6-4-5-7-26(23)29)20-28(27)34-32(35-31)42-21-22-9-12-36(2)18-22/h3-7,16-17,19,22,40H,1,8-10,12-15,18,20-21H2,2H3/t22-/m1/s1. The number of carbonyl (C=O) groups is 1. The summed E-state index contributed by atoms with van der Waals surface area (Å²) >= 11 is 0. The highest BCUT2D eigenvalue weighted by Gasteiger charge is 2.30. The van der Waals surface area contributed by atoms with Gasteiger partial charge in [-0.05, 0) is 44.0 Å². The van der Waals surface area contributed by atoms with Crippen LogP contribution in [-0.4, -0.2) is 77.2 Å². The summed E-state index contributed by atoms with van der Waals surface area (Å²) in [5.41, 5.74) is 3.47. The van der Waals surface area contributed by atoms with Crippen molar-refractivity contribution in [2.45, 2.75) is 25.8 Å². The number of allylic oxidation sites excluding steroid dienone is 1. The van der Waals surface area contributed by atoms with E-state index in [1.165, 1.54) is 6.08 Å². The van der Waals surface area contributed by atoms with Gasteiger partial charge in [0.2, 0.25) is 5.91 Å². The maximum absolute atomic E-state index is 12.5. The molecule has 1 saturated heterocycles. The molecule has 0 spiro atoms. The molecule has 1 atom stereocenters. The van der Waals surface area contributed by atoms with E-state index >= 15 is 0 Å². The molecule has 0 saturated carbocycles. The van der Waals surface area contributed by atoms with Crippen molar-refractivity contribution in [2.75, 3.05) is 56.2 Å². The zero-order valence-electron chi connectivity index (χ0n) is 23.9. The number of aromatic hydroxyl groups is 1. The third-order valence-electron chi connectivity index (χ3n) is 8.31. The number of anilines is 2. The number of rotatable bonds is 7. The first-order chi connectivity index (χ1) is 20.4. The summed E-state index contributed by atoms with van der Waals surface area (Å²) in [5, 5.41) is 22.0. The van der Waals surface area contributed by atoms with Crippen LogP contribution < -0.4 is 14.5 Å². The highest BCUT2D eigenvalue weighted by Crippen LogP contribution is 2.37. The van der Waals surface area contributed by atoms with Crippen LogP contribution in [0, 0.1) is 17.2 Å². The third kappa shape index (κ3) is 5.48. The fourth-order valence-corrected chi connectivity index (χ4v) is 6.20. The fraction of sp³-hybridized carbons (Fsp3) is 0.375. The van der Waals surface area contributed by atoms with E-state index < -0.39 is 0 Å². The first-order valence-corrected chi connectivity index (χ1v) is 14.4. The number of nitrogens with zero attached hydrogens (tertiary/aromatic N) is 7. The van der Waals surface area contributed by atoms with Crippen LogP contribution in [-0.2, 0) is 17.8 Å². The number of ether oxygens (including phenoxy) is 1. The fourth-order valence-electron chi connectivity index (χ4n) is 6.20. The predicted octanol–water partition coefficient (Wildman–Crippen LogP) is 3.82. The molecule has 2 aromatic carbocycles. The van der Waals surface area contributed by atoms with Crippen LogP contribution in [0.4, 0.5) is 11.5 Å². The number of phenolic OH excluding ortho intramolecular Hbond substituents is 1. The van der Waals surface area contributed by atoms with Gasteiger partial charge in [-0.2, -0.15) is 15.2 Å². The molecule has 0 radical (unpaired) electrons. The minimum absolute atomic E-state index is 0.0975. The van der Waals surface area contributed by atoms with Crippen LogP contribution in [0.1, 0.15) is 24.1 Å². The molecule has 10 heteroatoms. The lowest BCUT2D eigenvalue weighted by Crippen LogP contribution is -2.42. The van der Waals surface area contributed by atoms with Crippen molar-refractivity contribution >= 4 is 28.2 Å². The molecule has 0 aliphatic carbocycles. The second kappa shape index (κ2) is 11.7. The Morgan fingerprint density at radius 1 is 1.21 bits per heavy atom. The van der Waals surface area contributed by atoms with Crippen molar-refractivity contribution in [3.63, 3.8) is 0 Å². The molecule has 0 bridgehead atoms. The van der Waals surface area contributed by atoms with E-state index in [9.17, 15) is 15.2 Å². The SMILES string of the molecule is C=CC(=O)N1CCN(c2nc(OC[C@@H]3CCN(C)C3)nc3c2CCN(c2cc(O)cc4ccccc24)C3)C=C1CC#N. The monoisotopic (exact) mass is 565 g/mol. The van der Waals surface area contributed by atoms with Crippen LogP contribution in [0.2, 0.25) is 0 Å². The minimum Gasteiger partial charge on any atom is -0.508 e. The van der Waals surface area contributed by atoms with Gasteiger partial charge in [-0.25, -0.2) is 0 Å². The molecule has 216 valence electrons. The van der Waals surface area contributed by atoms with Gasteiger partial charge in [0.15, 0.2) is 0 Å². The number of phenols is 1. The molecule has 6 rings (SSSR count). The quantitative estimate of drug-likeness (QED) is 0.428. The molecule has 3 aliphatic heterocycles. The highest BCUT2D eigenvalue weighted by molar-refractivity contribution is 5.95. The summed E-state index contributed by atoms with van der Waals surface area (Å²) in [4.78, 5) is 30.5. The van der Waals surface area contributed by atoms with E-state index in [2.05, 4.69) is 35.6 Å². The van der Waals surface area contributed by atoms with E-state index in [0.717, 1.165) is 59.6 Å².